The number of amides is 1. The maximum absolute atomic E-state index is 11.7. The maximum Gasteiger partial charge on any atom is 0.231 e. The van der Waals surface area contributed by atoms with Crippen molar-refractivity contribution in [1.82, 2.24) is 5.32 Å². The second-order valence-corrected chi connectivity index (χ2v) is 3.95. The second kappa shape index (κ2) is 6.03. The van der Waals surface area contributed by atoms with Crippen LogP contribution in [0.2, 0.25) is 0 Å². The number of carbonyl (C=O) groups is 1. The van der Waals surface area contributed by atoms with Crippen LogP contribution in [-0.4, -0.2) is 18.4 Å². The van der Waals surface area contributed by atoms with Gasteiger partial charge in [-0.25, -0.2) is 0 Å². The summed E-state index contributed by atoms with van der Waals surface area (Å²) in [6, 6.07) is 5.98. The minimum absolute atomic E-state index is 0.128. The number of aryl methyl sites for hydroxylation is 2. The summed E-state index contributed by atoms with van der Waals surface area (Å²) in [7, 11) is 0. The van der Waals surface area contributed by atoms with Gasteiger partial charge in [-0.1, -0.05) is 18.2 Å². The summed E-state index contributed by atoms with van der Waals surface area (Å²) in [6.45, 7) is 6.43. The minimum atomic E-state index is -0.128. The van der Waals surface area contributed by atoms with Crippen LogP contribution in [0.15, 0.2) is 23.2 Å². The van der Waals surface area contributed by atoms with Gasteiger partial charge in [0.25, 0.3) is 0 Å². The molecule has 0 bridgehead atoms. The molecule has 0 radical (unpaired) electrons. The van der Waals surface area contributed by atoms with E-state index in [2.05, 4.69) is 10.3 Å². The summed E-state index contributed by atoms with van der Waals surface area (Å²) in [4.78, 5) is 15.6. The van der Waals surface area contributed by atoms with Crippen LogP contribution >= 0.6 is 0 Å². The highest BCUT2D eigenvalue weighted by Gasteiger charge is 2.08. The van der Waals surface area contributed by atoms with E-state index in [1.54, 1.807) is 0 Å². The van der Waals surface area contributed by atoms with Gasteiger partial charge in [-0.05, 0) is 37.5 Å². The highest BCUT2D eigenvalue weighted by atomic mass is 16.1. The molecule has 0 aliphatic heterocycles. The molecule has 4 heteroatoms. The summed E-state index contributed by atoms with van der Waals surface area (Å²) < 4.78 is 0. The molecule has 0 saturated heterocycles. The molecule has 0 fully saturated rings. The van der Waals surface area contributed by atoms with E-state index in [4.69, 9.17) is 5.73 Å². The lowest BCUT2D eigenvalue weighted by Crippen LogP contribution is -2.38. The molecule has 0 atom stereocenters. The SMILES string of the molecule is CCN=C(N)NC(=O)Cc1c(C)cccc1C. The zero-order valence-electron chi connectivity index (χ0n) is 10.6. The van der Waals surface area contributed by atoms with Gasteiger partial charge in [-0.3, -0.25) is 15.1 Å². The van der Waals surface area contributed by atoms with Crippen molar-refractivity contribution in [2.24, 2.45) is 10.7 Å². The van der Waals surface area contributed by atoms with Gasteiger partial charge in [0, 0.05) is 6.54 Å². The molecule has 1 rings (SSSR count). The number of nitrogens with one attached hydrogen (secondary N) is 1. The Kier molecular flexibility index (Phi) is 4.69. The van der Waals surface area contributed by atoms with Crippen LogP contribution in [0.5, 0.6) is 0 Å². The number of benzene rings is 1. The summed E-state index contributed by atoms with van der Waals surface area (Å²) >= 11 is 0. The van der Waals surface area contributed by atoms with E-state index in [9.17, 15) is 4.79 Å². The van der Waals surface area contributed by atoms with Crippen LogP contribution < -0.4 is 11.1 Å². The van der Waals surface area contributed by atoms with Crippen LogP contribution in [0.3, 0.4) is 0 Å². The van der Waals surface area contributed by atoms with Crippen molar-refractivity contribution in [2.45, 2.75) is 27.2 Å². The number of rotatable bonds is 3. The van der Waals surface area contributed by atoms with Crippen molar-refractivity contribution in [3.8, 4) is 0 Å². The molecular formula is C13H19N3O. The van der Waals surface area contributed by atoms with Crippen molar-refractivity contribution in [3.05, 3.63) is 34.9 Å². The predicted octanol–water partition coefficient (Wildman–Crippen LogP) is 1.30. The summed E-state index contributed by atoms with van der Waals surface area (Å²) in [5.74, 6) is 0.0563. The van der Waals surface area contributed by atoms with Crippen molar-refractivity contribution in [2.75, 3.05) is 6.54 Å². The van der Waals surface area contributed by atoms with E-state index < -0.39 is 0 Å². The number of hydrogen-bond donors (Lipinski definition) is 2. The smallest absolute Gasteiger partial charge is 0.231 e. The van der Waals surface area contributed by atoms with Gasteiger partial charge in [-0.2, -0.15) is 0 Å². The lowest BCUT2D eigenvalue weighted by atomic mass is 10.00. The molecule has 0 spiro atoms. The molecule has 0 aliphatic rings. The number of hydrogen-bond acceptors (Lipinski definition) is 2. The molecule has 3 N–H and O–H groups in total. The van der Waals surface area contributed by atoms with Gasteiger partial charge >= 0.3 is 0 Å². The van der Waals surface area contributed by atoms with Crippen LogP contribution in [0, 0.1) is 13.8 Å². The zero-order valence-corrected chi connectivity index (χ0v) is 10.6. The molecule has 92 valence electrons. The van der Waals surface area contributed by atoms with Crippen LogP contribution in [-0.2, 0) is 11.2 Å². The lowest BCUT2D eigenvalue weighted by Gasteiger charge is -2.09. The Bertz CT molecular complexity index is 418. The van der Waals surface area contributed by atoms with E-state index in [-0.39, 0.29) is 11.9 Å². The van der Waals surface area contributed by atoms with E-state index in [0.717, 1.165) is 16.7 Å². The Hall–Kier alpha value is -1.84. The van der Waals surface area contributed by atoms with Crippen LogP contribution in [0.4, 0.5) is 0 Å². The molecule has 0 heterocycles. The first-order chi connectivity index (χ1) is 8.04. The molecular weight excluding hydrogens is 214 g/mol. The normalized spacial score (nSPS) is 11.4. The van der Waals surface area contributed by atoms with Crippen molar-refractivity contribution < 1.29 is 4.79 Å². The lowest BCUT2D eigenvalue weighted by molar-refractivity contribution is -0.119. The quantitative estimate of drug-likeness (QED) is 0.610. The Morgan fingerprint density at radius 1 is 1.35 bits per heavy atom. The molecule has 0 unspecified atom stereocenters. The third-order valence-electron chi connectivity index (χ3n) is 2.58. The predicted molar refractivity (Wildman–Crippen MR) is 69.9 cm³/mol. The van der Waals surface area contributed by atoms with Gasteiger partial charge in [0.1, 0.15) is 0 Å². The molecule has 4 nitrogen and oxygen atoms in total. The van der Waals surface area contributed by atoms with Crippen LogP contribution in [0.1, 0.15) is 23.6 Å². The number of nitrogens with two attached hydrogens (primary N) is 1. The Morgan fingerprint density at radius 3 is 2.47 bits per heavy atom. The highest BCUT2D eigenvalue weighted by Crippen LogP contribution is 2.13. The van der Waals surface area contributed by atoms with E-state index in [1.165, 1.54) is 0 Å². The Labute approximate surface area is 102 Å². The number of aliphatic imine (C=N–C) groups is 1. The fraction of sp³-hybridized carbons (Fsp3) is 0.385. The van der Waals surface area contributed by atoms with E-state index in [1.807, 2.05) is 39.0 Å². The molecule has 17 heavy (non-hydrogen) atoms. The first-order valence-electron chi connectivity index (χ1n) is 5.69. The number of guanidine groups is 1. The molecule has 1 amide bonds. The molecule has 1 aromatic rings. The first kappa shape index (κ1) is 13.2. The Morgan fingerprint density at radius 2 is 1.94 bits per heavy atom. The van der Waals surface area contributed by atoms with Gasteiger partial charge in [0.2, 0.25) is 5.91 Å². The monoisotopic (exact) mass is 233 g/mol. The minimum Gasteiger partial charge on any atom is -0.370 e. The summed E-state index contributed by atoms with van der Waals surface area (Å²) in [5, 5.41) is 2.57. The maximum atomic E-state index is 11.7. The van der Waals surface area contributed by atoms with Gasteiger partial charge < -0.3 is 5.73 Å². The van der Waals surface area contributed by atoms with Gasteiger partial charge in [-0.15, -0.1) is 0 Å². The van der Waals surface area contributed by atoms with Crippen LogP contribution in [0.25, 0.3) is 0 Å². The third kappa shape index (κ3) is 3.90. The van der Waals surface area contributed by atoms with Gasteiger partial charge in [0.15, 0.2) is 5.96 Å². The molecule has 0 aromatic heterocycles. The molecule has 0 aliphatic carbocycles. The van der Waals surface area contributed by atoms with Crippen molar-refractivity contribution in [1.29, 1.82) is 0 Å². The fourth-order valence-electron chi connectivity index (χ4n) is 1.69. The average Bonchev–Trinajstić information content (AvgIpc) is 2.24. The average molecular weight is 233 g/mol. The number of nitrogens with zero attached hydrogens (tertiary/aromatic N) is 1. The zero-order chi connectivity index (χ0) is 12.8. The molecule has 0 saturated carbocycles. The van der Waals surface area contributed by atoms with Crippen molar-refractivity contribution in [3.63, 3.8) is 0 Å². The topological polar surface area (TPSA) is 67.5 Å². The largest absolute Gasteiger partial charge is 0.370 e. The Balaban J connectivity index is 2.72. The standard InChI is InChI=1S/C13H19N3O/c1-4-15-13(14)16-12(17)8-11-9(2)6-5-7-10(11)3/h5-7H,4,8H2,1-3H3,(H3,14,15,16,17). The van der Waals surface area contributed by atoms with Gasteiger partial charge in [0.05, 0.1) is 6.42 Å². The van der Waals surface area contributed by atoms with E-state index >= 15 is 0 Å². The van der Waals surface area contributed by atoms with Crippen molar-refractivity contribution >= 4 is 11.9 Å². The summed E-state index contributed by atoms with van der Waals surface area (Å²) in [6.07, 6.45) is 0.332. The number of carbonyl (C=O) groups excluding carboxylic acids is 1. The first-order valence-corrected chi connectivity index (χ1v) is 5.69. The third-order valence-corrected chi connectivity index (χ3v) is 2.58. The molecule has 1 aromatic carbocycles. The second-order valence-electron chi connectivity index (χ2n) is 3.95. The highest BCUT2D eigenvalue weighted by molar-refractivity contribution is 5.97. The van der Waals surface area contributed by atoms with E-state index in [0.29, 0.717) is 13.0 Å². The summed E-state index contributed by atoms with van der Waals surface area (Å²) in [5.41, 5.74) is 8.82. The fourth-order valence-corrected chi connectivity index (χ4v) is 1.69.